The van der Waals surface area contributed by atoms with Crippen molar-refractivity contribution in [2.75, 3.05) is 11.1 Å². The summed E-state index contributed by atoms with van der Waals surface area (Å²) in [6.45, 7) is 2.55. The first-order valence-electron chi connectivity index (χ1n) is 8.18. The second-order valence-electron chi connectivity index (χ2n) is 5.67. The topological polar surface area (TPSA) is 80.0 Å². The van der Waals surface area contributed by atoms with E-state index in [-0.39, 0.29) is 17.4 Å². The first kappa shape index (κ1) is 21.2. The number of amides is 1. The minimum absolute atomic E-state index is 0.115. The summed E-state index contributed by atoms with van der Waals surface area (Å²) < 4.78 is 3.52. The maximum atomic E-state index is 12.3. The third-order valence-electron chi connectivity index (χ3n) is 3.77. The van der Waals surface area contributed by atoms with Crippen molar-refractivity contribution in [2.24, 2.45) is 0 Å². The number of phenols is 1. The molecule has 0 saturated carbocycles. The molecule has 1 heterocycles. The molecular formula is C18H15Br2ClN4O2S. The molecule has 3 aromatic rings. The van der Waals surface area contributed by atoms with Crippen molar-refractivity contribution < 1.29 is 9.90 Å². The number of anilines is 1. The van der Waals surface area contributed by atoms with E-state index in [4.69, 9.17) is 11.6 Å². The van der Waals surface area contributed by atoms with Crippen molar-refractivity contribution in [3.05, 3.63) is 50.4 Å². The standard InChI is InChI=1S/C18H15Br2ClN4O2S/c1-2-25-17(12-7-10(19)4-6-15(12)26)23-24-18(25)28-9-16(27)22-14-5-3-11(20)8-13(14)21/h3-8,26H,2,9H2,1H3,(H,22,27). The maximum absolute atomic E-state index is 12.3. The Morgan fingerprint density at radius 1 is 1.21 bits per heavy atom. The minimum atomic E-state index is -0.202. The number of carbonyl (C=O) groups excluding carboxylic acids is 1. The number of rotatable bonds is 6. The molecular weight excluding hydrogens is 532 g/mol. The molecule has 2 N–H and O–H groups in total. The number of aromatic hydroxyl groups is 1. The van der Waals surface area contributed by atoms with E-state index >= 15 is 0 Å². The van der Waals surface area contributed by atoms with Crippen LogP contribution >= 0.6 is 55.2 Å². The summed E-state index contributed by atoms with van der Waals surface area (Å²) in [6, 6.07) is 10.4. The molecule has 0 radical (unpaired) electrons. The van der Waals surface area contributed by atoms with Gasteiger partial charge in [-0.1, -0.05) is 55.2 Å². The third kappa shape index (κ3) is 4.89. The maximum Gasteiger partial charge on any atom is 0.234 e. The highest BCUT2D eigenvalue weighted by Crippen LogP contribution is 2.33. The van der Waals surface area contributed by atoms with Gasteiger partial charge in [-0.2, -0.15) is 0 Å². The van der Waals surface area contributed by atoms with Crippen molar-refractivity contribution in [3.63, 3.8) is 0 Å². The van der Waals surface area contributed by atoms with Gasteiger partial charge in [-0.15, -0.1) is 10.2 Å². The van der Waals surface area contributed by atoms with Gasteiger partial charge < -0.3 is 15.0 Å². The smallest absolute Gasteiger partial charge is 0.234 e. The lowest BCUT2D eigenvalue weighted by molar-refractivity contribution is -0.113. The molecule has 0 unspecified atom stereocenters. The lowest BCUT2D eigenvalue weighted by Crippen LogP contribution is -2.15. The van der Waals surface area contributed by atoms with Crippen LogP contribution in [0.5, 0.6) is 5.75 Å². The fourth-order valence-electron chi connectivity index (χ4n) is 2.47. The highest BCUT2D eigenvalue weighted by molar-refractivity contribution is 9.10. The number of hydrogen-bond donors (Lipinski definition) is 2. The van der Waals surface area contributed by atoms with Gasteiger partial charge in [-0.3, -0.25) is 4.79 Å². The zero-order valence-corrected chi connectivity index (χ0v) is 19.4. The molecule has 10 heteroatoms. The van der Waals surface area contributed by atoms with E-state index in [2.05, 4.69) is 47.4 Å². The zero-order chi connectivity index (χ0) is 20.3. The second-order valence-corrected chi connectivity index (χ2v) is 8.85. The fourth-order valence-corrected chi connectivity index (χ4v) is 4.36. The molecule has 6 nitrogen and oxygen atoms in total. The molecule has 1 amide bonds. The number of carbonyl (C=O) groups is 1. The highest BCUT2D eigenvalue weighted by atomic mass is 79.9. The van der Waals surface area contributed by atoms with Gasteiger partial charge in [0.05, 0.1) is 22.0 Å². The van der Waals surface area contributed by atoms with Crippen LogP contribution in [0.4, 0.5) is 5.69 Å². The summed E-state index contributed by atoms with van der Waals surface area (Å²) in [4.78, 5) is 12.3. The number of halogens is 3. The largest absolute Gasteiger partial charge is 0.507 e. The van der Waals surface area contributed by atoms with Gasteiger partial charge in [-0.05, 0) is 43.3 Å². The molecule has 0 atom stereocenters. The predicted octanol–water partition coefficient (Wildman–Crippen LogP) is 5.58. The highest BCUT2D eigenvalue weighted by Gasteiger charge is 2.17. The Hall–Kier alpha value is -1.55. The molecule has 1 aromatic heterocycles. The average Bonchev–Trinajstić information content (AvgIpc) is 3.07. The van der Waals surface area contributed by atoms with Crippen LogP contribution in [0, 0.1) is 0 Å². The molecule has 0 aliphatic carbocycles. The fraction of sp³-hybridized carbons (Fsp3) is 0.167. The number of benzene rings is 2. The Morgan fingerprint density at radius 2 is 1.93 bits per heavy atom. The molecule has 146 valence electrons. The Bertz CT molecular complexity index is 1030. The van der Waals surface area contributed by atoms with Gasteiger partial charge in [-0.25, -0.2) is 0 Å². The number of nitrogens with zero attached hydrogens (tertiary/aromatic N) is 3. The third-order valence-corrected chi connectivity index (χ3v) is 6.04. The first-order chi connectivity index (χ1) is 13.4. The van der Waals surface area contributed by atoms with Crippen molar-refractivity contribution in [1.29, 1.82) is 0 Å². The van der Waals surface area contributed by atoms with Gasteiger partial charge >= 0.3 is 0 Å². The lowest BCUT2D eigenvalue weighted by atomic mass is 10.2. The van der Waals surface area contributed by atoms with Crippen LogP contribution in [0.15, 0.2) is 50.5 Å². The van der Waals surface area contributed by atoms with Gasteiger partial charge in [0.1, 0.15) is 5.75 Å². The number of hydrogen-bond acceptors (Lipinski definition) is 5. The Morgan fingerprint density at radius 3 is 2.64 bits per heavy atom. The number of nitrogens with one attached hydrogen (secondary N) is 1. The SMILES string of the molecule is CCn1c(SCC(=O)Nc2ccc(Br)cc2Cl)nnc1-c1cc(Br)ccc1O. The van der Waals surface area contributed by atoms with E-state index in [1.807, 2.05) is 11.5 Å². The summed E-state index contributed by atoms with van der Waals surface area (Å²) in [5, 5.41) is 22.4. The minimum Gasteiger partial charge on any atom is -0.507 e. The van der Waals surface area contributed by atoms with Crippen LogP contribution in [-0.4, -0.2) is 31.5 Å². The van der Waals surface area contributed by atoms with Crippen molar-refractivity contribution >= 4 is 66.8 Å². The molecule has 0 aliphatic rings. The van der Waals surface area contributed by atoms with Crippen molar-refractivity contribution in [2.45, 2.75) is 18.6 Å². The Balaban J connectivity index is 1.73. The van der Waals surface area contributed by atoms with Gasteiger partial charge in [0.25, 0.3) is 0 Å². The molecule has 0 saturated heterocycles. The summed E-state index contributed by atoms with van der Waals surface area (Å²) in [5.74, 6) is 0.603. The van der Waals surface area contributed by atoms with Gasteiger partial charge in [0, 0.05) is 15.5 Å². The van der Waals surface area contributed by atoms with Crippen LogP contribution < -0.4 is 5.32 Å². The number of phenolic OH excluding ortho intramolecular Hbond substituents is 1. The summed E-state index contributed by atoms with van der Waals surface area (Å²) in [6.07, 6.45) is 0. The normalized spacial score (nSPS) is 10.9. The lowest BCUT2D eigenvalue weighted by Gasteiger charge is -2.10. The van der Waals surface area contributed by atoms with E-state index in [1.165, 1.54) is 11.8 Å². The van der Waals surface area contributed by atoms with E-state index < -0.39 is 0 Å². The quantitative estimate of drug-likeness (QED) is 0.395. The molecule has 0 fully saturated rings. The average molecular weight is 547 g/mol. The number of thioether (sulfide) groups is 1. The van der Waals surface area contributed by atoms with Crippen molar-refractivity contribution in [1.82, 2.24) is 14.8 Å². The van der Waals surface area contributed by atoms with E-state index in [0.29, 0.717) is 33.8 Å². The molecule has 3 rings (SSSR count). The van der Waals surface area contributed by atoms with Gasteiger partial charge in [0.15, 0.2) is 11.0 Å². The molecule has 2 aromatic carbocycles. The second kappa shape index (κ2) is 9.30. The zero-order valence-electron chi connectivity index (χ0n) is 14.6. The van der Waals surface area contributed by atoms with E-state index in [1.54, 1.807) is 36.4 Å². The van der Waals surface area contributed by atoms with Crippen LogP contribution in [-0.2, 0) is 11.3 Å². The number of aromatic nitrogens is 3. The van der Waals surface area contributed by atoms with Crippen LogP contribution in [0.2, 0.25) is 5.02 Å². The predicted molar refractivity (Wildman–Crippen MR) is 119 cm³/mol. The summed E-state index contributed by atoms with van der Waals surface area (Å²) in [5.41, 5.74) is 1.12. The monoisotopic (exact) mass is 544 g/mol. The summed E-state index contributed by atoms with van der Waals surface area (Å²) in [7, 11) is 0. The molecule has 0 spiro atoms. The molecule has 0 bridgehead atoms. The Kier molecular flexibility index (Phi) is 7.03. The van der Waals surface area contributed by atoms with Crippen LogP contribution in [0.3, 0.4) is 0 Å². The van der Waals surface area contributed by atoms with Crippen molar-refractivity contribution in [3.8, 4) is 17.1 Å². The van der Waals surface area contributed by atoms with Gasteiger partial charge in [0.2, 0.25) is 5.91 Å². The Labute approximate surface area is 187 Å². The molecule has 28 heavy (non-hydrogen) atoms. The first-order valence-corrected chi connectivity index (χ1v) is 11.1. The van der Waals surface area contributed by atoms with Crippen LogP contribution in [0.1, 0.15) is 6.92 Å². The summed E-state index contributed by atoms with van der Waals surface area (Å²) >= 11 is 14.1. The molecule has 0 aliphatic heterocycles. The van der Waals surface area contributed by atoms with E-state index in [9.17, 15) is 9.90 Å². The van der Waals surface area contributed by atoms with Crippen LogP contribution in [0.25, 0.3) is 11.4 Å². The van der Waals surface area contributed by atoms with E-state index in [0.717, 1.165) is 8.95 Å².